The van der Waals surface area contributed by atoms with Crippen LogP contribution in [0.5, 0.6) is 0 Å². The summed E-state index contributed by atoms with van der Waals surface area (Å²) in [4.78, 5) is 0. The second-order valence-electron chi connectivity index (χ2n) is 2.97. The largest absolute Gasteiger partial charge is 0.458 e. The zero-order valence-electron chi connectivity index (χ0n) is 7.13. The van der Waals surface area contributed by atoms with Crippen molar-refractivity contribution in [2.45, 2.75) is 26.0 Å². The Kier molecular flexibility index (Phi) is 2.71. The molecule has 64 valence electrons. The molecular formula is C8H14O2S. The Hall–Kier alpha value is -0.310. The molecule has 0 N–H and O–H groups in total. The predicted octanol–water partition coefficient (Wildman–Crippen LogP) is 2.18. The second-order valence-corrected chi connectivity index (χ2v) is 3.74. The van der Waals surface area contributed by atoms with Crippen LogP contribution in [0.1, 0.15) is 20.8 Å². The fourth-order valence-corrected chi connectivity index (χ4v) is 1.28. The molecule has 0 aromatic carbocycles. The van der Waals surface area contributed by atoms with E-state index in [9.17, 15) is 0 Å². The maximum Gasteiger partial charge on any atom is 0.230 e. The number of hydrogen-bond donors (Lipinski definition) is 1. The average molecular weight is 174 g/mol. The van der Waals surface area contributed by atoms with Gasteiger partial charge in [-0.1, -0.05) is 13.8 Å². The van der Waals surface area contributed by atoms with Crippen molar-refractivity contribution in [2.75, 3.05) is 6.79 Å². The van der Waals surface area contributed by atoms with Gasteiger partial charge in [0.15, 0.2) is 5.76 Å². The molecule has 1 aliphatic heterocycles. The van der Waals surface area contributed by atoms with Crippen molar-refractivity contribution < 1.29 is 9.47 Å². The molecule has 0 amide bonds. The topological polar surface area (TPSA) is 18.5 Å². The van der Waals surface area contributed by atoms with Gasteiger partial charge in [0, 0.05) is 5.92 Å². The number of ether oxygens (including phenoxy) is 2. The van der Waals surface area contributed by atoms with Crippen molar-refractivity contribution in [3.63, 3.8) is 0 Å². The molecule has 0 bridgehead atoms. The third-order valence-corrected chi connectivity index (χ3v) is 1.81. The molecule has 0 saturated heterocycles. The molecule has 0 aromatic heterocycles. The molecule has 0 saturated carbocycles. The molecule has 1 aliphatic rings. The van der Waals surface area contributed by atoms with Crippen LogP contribution in [0.4, 0.5) is 0 Å². The number of hydrogen-bond acceptors (Lipinski definition) is 3. The van der Waals surface area contributed by atoms with Gasteiger partial charge in [-0.25, -0.2) is 0 Å². The highest BCUT2D eigenvalue weighted by atomic mass is 32.1. The van der Waals surface area contributed by atoms with Crippen LogP contribution in [0.3, 0.4) is 0 Å². The van der Waals surface area contributed by atoms with E-state index in [0.29, 0.717) is 12.7 Å². The molecule has 0 radical (unpaired) electrons. The summed E-state index contributed by atoms with van der Waals surface area (Å²) < 4.78 is 10.6. The van der Waals surface area contributed by atoms with Crippen molar-refractivity contribution in [2.24, 2.45) is 5.92 Å². The lowest BCUT2D eigenvalue weighted by Crippen LogP contribution is -2.02. The van der Waals surface area contributed by atoms with E-state index in [2.05, 4.69) is 26.5 Å². The number of rotatable bonds is 2. The Balaban J connectivity index is 2.77. The van der Waals surface area contributed by atoms with E-state index in [-0.39, 0.29) is 5.25 Å². The Morgan fingerprint density at radius 3 is 2.09 bits per heavy atom. The predicted molar refractivity (Wildman–Crippen MR) is 47.3 cm³/mol. The molecule has 3 heteroatoms. The first-order valence-corrected chi connectivity index (χ1v) is 4.32. The number of allylic oxidation sites excluding steroid dienone is 1. The van der Waals surface area contributed by atoms with Crippen LogP contribution in [0, 0.1) is 5.92 Å². The third kappa shape index (κ3) is 1.83. The van der Waals surface area contributed by atoms with Crippen LogP contribution in [-0.2, 0) is 9.47 Å². The Morgan fingerprint density at radius 1 is 1.18 bits per heavy atom. The van der Waals surface area contributed by atoms with Crippen molar-refractivity contribution in [1.82, 2.24) is 0 Å². The molecule has 0 aliphatic carbocycles. The Morgan fingerprint density at radius 2 is 1.73 bits per heavy atom. The van der Waals surface area contributed by atoms with Crippen molar-refractivity contribution in [3.05, 3.63) is 11.5 Å². The summed E-state index contributed by atoms with van der Waals surface area (Å²) in [6.07, 6.45) is 0. The summed E-state index contributed by atoms with van der Waals surface area (Å²) in [6, 6.07) is 0. The summed E-state index contributed by atoms with van der Waals surface area (Å²) in [5, 5.41) is 0.134. The van der Waals surface area contributed by atoms with Crippen LogP contribution in [0.15, 0.2) is 11.5 Å². The van der Waals surface area contributed by atoms with Gasteiger partial charge in [0.25, 0.3) is 0 Å². The van der Waals surface area contributed by atoms with E-state index in [1.165, 1.54) is 0 Å². The number of thiol groups is 1. The van der Waals surface area contributed by atoms with Gasteiger partial charge < -0.3 is 9.47 Å². The SMILES string of the molecule is CC(C)C1=C(C(C)S)OCO1. The van der Waals surface area contributed by atoms with Gasteiger partial charge in [-0.05, 0) is 6.92 Å². The lowest BCUT2D eigenvalue weighted by atomic mass is 10.1. The first kappa shape index (κ1) is 8.78. The minimum Gasteiger partial charge on any atom is -0.458 e. The normalized spacial score (nSPS) is 20.1. The fourth-order valence-electron chi connectivity index (χ4n) is 1.08. The molecule has 2 nitrogen and oxygen atoms in total. The first-order chi connectivity index (χ1) is 5.13. The van der Waals surface area contributed by atoms with E-state index >= 15 is 0 Å². The maximum atomic E-state index is 5.30. The Bertz CT molecular complexity index is 155. The Labute approximate surface area is 73.0 Å². The molecule has 0 fully saturated rings. The van der Waals surface area contributed by atoms with Crippen LogP contribution in [-0.4, -0.2) is 12.0 Å². The third-order valence-electron chi connectivity index (χ3n) is 1.58. The van der Waals surface area contributed by atoms with Gasteiger partial charge in [-0.2, -0.15) is 12.6 Å². The van der Waals surface area contributed by atoms with Crippen molar-refractivity contribution in [3.8, 4) is 0 Å². The highest BCUT2D eigenvalue weighted by molar-refractivity contribution is 7.81. The van der Waals surface area contributed by atoms with E-state index < -0.39 is 0 Å². The van der Waals surface area contributed by atoms with Gasteiger partial charge in [-0.15, -0.1) is 0 Å². The monoisotopic (exact) mass is 174 g/mol. The molecule has 1 heterocycles. The summed E-state index contributed by atoms with van der Waals surface area (Å²) in [6.45, 7) is 6.50. The smallest absolute Gasteiger partial charge is 0.230 e. The highest BCUT2D eigenvalue weighted by Gasteiger charge is 2.22. The van der Waals surface area contributed by atoms with Crippen LogP contribution >= 0.6 is 12.6 Å². The lowest BCUT2D eigenvalue weighted by Gasteiger charge is -2.08. The molecule has 1 unspecified atom stereocenters. The zero-order valence-corrected chi connectivity index (χ0v) is 8.02. The van der Waals surface area contributed by atoms with Crippen LogP contribution in [0.2, 0.25) is 0 Å². The first-order valence-electron chi connectivity index (χ1n) is 3.80. The summed E-state index contributed by atoms with van der Waals surface area (Å²) in [5.74, 6) is 2.23. The van der Waals surface area contributed by atoms with Gasteiger partial charge in [0.1, 0.15) is 5.76 Å². The van der Waals surface area contributed by atoms with Crippen molar-refractivity contribution in [1.29, 1.82) is 0 Å². The summed E-state index contributed by atoms with van der Waals surface area (Å²) in [7, 11) is 0. The minimum atomic E-state index is 0.134. The summed E-state index contributed by atoms with van der Waals surface area (Å²) in [5.41, 5.74) is 0. The molecule has 11 heavy (non-hydrogen) atoms. The quantitative estimate of drug-likeness (QED) is 0.647. The average Bonchev–Trinajstić information content (AvgIpc) is 2.32. The summed E-state index contributed by atoms with van der Waals surface area (Å²) >= 11 is 4.28. The molecule has 0 aromatic rings. The van der Waals surface area contributed by atoms with Gasteiger partial charge in [0.05, 0.1) is 5.25 Å². The lowest BCUT2D eigenvalue weighted by molar-refractivity contribution is 0.0639. The standard InChI is InChI=1S/C8H14O2S/c1-5(2)7-8(6(3)11)10-4-9-7/h5-6,11H,4H2,1-3H3. The van der Waals surface area contributed by atoms with E-state index in [0.717, 1.165) is 11.5 Å². The van der Waals surface area contributed by atoms with Crippen LogP contribution < -0.4 is 0 Å². The molecular weight excluding hydrogens is 160 g/mol. The zero-order chi connectivity index (χ0) is 8.43. The van der Waals surface area contributed by atoms with Gasteiger partial charge in [-0.3, -0.25) is 0 Å². The molecule has 1 atom stereocenters. The molecule has 0 spiro atoms. The fraction of sp³-hybridized carbons (Fsp3) is 0.750. The van der Waals surface area contributed by atoms with Crippen molar-refractivity contribution >= 4 is 12.6 Å². The van der Waals surface area contributed by atoms with E-state index in [4.69, 9.17) is 9.47 Å². The van der Waals surface area contributed by atoms with Gasteiger partial charge in [0.2, 0.25) is 6.79 Å². The minimum absolute atomic E-state index is 0.134. The second kappa shape index (κ2) is 3.39. The highest BCUT2D eigenvalue weighted by Crippen LogP contribution is 2.27. The van der Waals surface area contributed by atoms with Crippen LogP contribution in [0.25, 0.3) is 0 Å². The van der Waals surface area contributed by atoms with Gasteiger partial charge >= 0.3 is 0 Å². The molecule has 1 rings (SSSR count). The van der Waals surface area contributed by atoms with E-state index in [1.54, 1.807) is 0 Å². The van der Waals surface area contributed by atoms with E-state index in [1.807, 2.05) is 6.92 Å². The maximum absolute atomic E-state index is 5.30.